The second-order valence-electron chi connectivity index (χ2n) is 13.4. The number of nitrogens with one attached hydrogen (secondary N) is 1. The number of thiol groups is 2. The molecule has 4 aromatic rings. The van der Waals surface area contributed by atoms with Crippen LogP contribution in [-0.4, -0.2) is 94.9 Å². The lowest BCUT2D eigenvalue weighted by Gasteiger charge is -2.27. The van der Waals surface area contributed by atoms with E-state index in [9.17, 15) is 18.7 Å². The monoisotopic (exact) mass is 862 g/mol. The Morgan fingerprint density at radius 1 is 0.893 bits per heavy atom. The molecule has 0 aromatic carbocycles. The highest BCUT2D eigenvalue weighted by Crippen LogP contribution is 2.60. The van der Waals surface area contributed by atoms with Gasteiger partial charge in [-0.15, -0.1) is 0 Å². The first-order valence-corrected chi connectivity index (χ1v) is 23.3. The molecule has 2 bridgehead atoms. The van der Waals surface area contributed by atoms with Gasteiger partial charge in [0.1, 0.15) is 30.2 Å². The van der Waals surface area contributed by atoms with Gasteiger partial charge in [-0.2, -0.15) is 4.98 Å². The van der Waals surface area contributed by atoms with E-state index >= 15 is 4.39 Å². The maximum atomic E-state index is 16.3. The number of carbonyl (C=O) groups excluding carboxylic acids is 1. The van der Waals surface area contributed by atoms with Crippen molar-refractivity contribution in [1.29, 1.82) is 0 Å². The molecule has 1 unspecified atom stereocenters. The van der Waals surface area contributed by atoms with Crippen molar-refractivity contribution in [3.05, 3.63) is 29.3 Å². The molecule has 0 radical (unpaired) electrons. The van der Waals surface area contributed by atoms with Crippen molar-refractivity contribution in [3.63, 3.8) is 0 Å². The van der Waals surface area contributed by atoms with Crippen molar-refractivity contribution < 1.29 is 50.6 Å². The average molecular weight is 863 g/mol. The van der Waals surface area contributed by atoms with E-state index in [1.54, 1.807) is 0 Å². The zero-order chi connectivity index (χ0) is 39.8. The quantitative estimate of drug-likeness (QED) is 0.0611. The standard InChI is InChI=1S/C30H41FN10O11P2S2/c1-2-3-4-5-6-7-8-9-17(42)50-22-16-11-47-53(44,55)51-21-15(48-28(18(21)31)40-13-36-19-24(32)34-12-35-25(19)40)10-46-54(45,56)52-23(22)29(49-16)41-14-37-20-26(41)38-30(33)39-27(20)43/h12-16,18,21-23,28-29H,2-11H2,1H3,(H,44,55)(H,45,56)(H2,32,34,35)(H3,33,38,39,43)/t15-,16-,18-,21-,22?,23-,28-,29-,53-,54-/m1/s1. The number of rotatable bonds is 11. The van der Waals surface area contributed by atoms with Crippen LogP contribution in [0.25, 0.3) is 22.3 Å². The smallest absolute Gasteiger partial charge is 0.386 e. The number of hydrogen-bond donors (Lipinski definition) is 5. The topological polar surface area (TPSA) is 275 Å². The summed E-state index contributed by atoms with van der Waals surface area (Å²) in [5, 5.41) is 0. The molecule has 26 heteroatoms. The fourth-order valence-corrected chi connectivity index (χ4v) is 9.76. The third kappa shape index (κ3) is 8.79. The number of esters is 1. The Hall–Kier alpha value is -3.18. The maximum Gasteiger partial charge on any atom is 0.386 e. The molecule has 7 rings (SSSR count). The Morgan fingerprint density at radius 2 is 1.52 bits per heavy atom. The Morgan fingerprint density at radius 3 is 2.25 bits per heavy atom. The molecule has 56 heavy (non-hydrogen) atoms. The number of unbranched alkanes of at least 4 members (excludes halogenated alkanes) is 6. The van der Waals surface area contributed by atoms with Crippen molar-refractivity contribution in [2.45, 2.75) is 107 Å². The van der Waals surface area contributed by atoms with Crippen LogP contribution in [0.2, 0.25) is 0 Å². The first kappa shape index (κ1) is 41.0. The van der Waals surface area contributed by atoms with E-state index in [-0.39, 0.29) is 40.5 Å². The summed E-state index contributed by atoms with van der Waals surface area (Å²) in [6.07, 6.45) is -1.96. The van der Waals surface area contributed by atoms with Gasteiger partial charge in [0.05, 0.1) is 25.9 Å². The molecule has 3 fully saturated rings. The van der Waals surface area contributed by atoms with Gasteiger partial charge in [-0.25, -0.2) is 33.5 Å². The van der Waals surface area contributed by atoms with Gasteiger partial charge in [0.15, 0.2) is 53.5 Å². The van der Waals surface area contributed by atoms with Crippen molar-refractivity contribution in [2.24, 2.45) is 0 Å². The molecule has 3 aliphatic rings. The summed E-state index contributed by atoms with van der Waals surface area (Å²) in [5.74, 6) is -0.845. The number of aromatic nitrogens is 8. The third-order valence-electron chi connectivity index (χ3n) is 9.50. The predicted molar refractivity (Wildman–Crippen MR) is 202 cm³/mol. The minimum atomic E-state index is -4.53. The Labute approximate surface area is 328 Å². The van der Waals surface area contributed by atoms with Gasteiger partial charge in [0.25, 0.3) is 5.56 Å². The molecule has 3 saturated heterocycles. The number of carbonyl (C=O) groups is 1. The molecule has 0 spiro atoms. The first-order chi connectivity index (χ1) is 26.7. The molecule has 306 valence electrons. The molecule has 0 aliphatic carbocycles. The number of halogens is 1. The number of anilines is 2. The lowest BCUT2D eigenvalue weighted by molar-refractivity contribution is -0.156. The summed E-state index contributed by atoms with van der Waals surface area (Å²) in [7, 11) is 0. The summed E-state index contributed by atoms with van der Waals surface area (Å²) in [5.41, 5.74) is 11.2. The number of H-pyrrole nitrogens is 1. The van der Waals surface area contributed by atoms with Crippen LogP contribution in [0.3, 0.4) is 0 Å². The summed E-state index contributed by atoms with van der Waals surface area (Å²) >= 11 is 8.33. The largest absolute Gasteiger partial charge is 0.456 e. The van der Waals surface area contributed by atoms with Crippen molar-refractivity contribution in [1.82, 2.24) is 39.0 Å². The predicted octanol–water partition coefficient (Wildman–Crippen LogP) is 4.20. The Balaban J connectivity index is 1.18. The normalized spacial score (nSPS) is 32.5. The highest BCUT2D eigenvalue weighted by molar-refractivity contribution is 8.44. The molecule has 10 atom stereocenters. The van der Waals surface area contributed by atoms with Gasteiger partial charge in [-0.1, -0.05) is 69.9 Å². The van der Waals surface area contributed by atoms with Crippen LogP contribution < -0.4 is 17.0 Å². The van der Waals surface area contributed by atoms with Crippen molar-refractivity contribution in [3.8, 4) is 0 Å². The Kier molecular flexibility index (Phi) is 12.4. The molecule has 3 aliphatic heterocycles. The molecule has 0 saturated carbocycles. The lowest BCUT2D eigenvalue weighted by atomic mass is 10.1. The van der Waals surface area contributed by atoms with Gasteiger partial charge in [0, 0.05) is 6.42 Å². The lowest BCUT2D eigenvalue weighted by Crippen LogP contribution is -2.39. The third-order valence-corrected chi connectivity index (χ3v) is 12.7. The molecule has 7 heterocycles. The second kappa shape index (κ2) is 17.0. The van der Waals surface area contributed by atoms with Gasteiger partial charge in [0.2, 0.25) is 5.95 Å². The number of nitrogens with zero attached hydrogens (tertiary/aromatic N) is 7. The van der Waals surface area contributed by atoms with Crippen molar-refractivity contribution >= 4 is 78.2 Å². The van der Waals surface area contributed by atoms with E-state index in [4.69, 9.17) is 43.8 Å². The van der Waals surface area contributed by atoms with Crippen LogP contribution in [0.5, 0.6) is 0 Å². The maximum absolute atomic E-state index is 16.3. The minimum Gasteiger partial charge on any atom is -0.456 e. The van der Waals surface area contributed by atoms with Gasteiger partial charge in [-0.3, -0.25) is 41.8 Å². The van der Waals surface area contributed by atoms with Gasteiger partial charge >= 0.3 is 19.6 Å². The first-order valence-electron chi connectivity index (χ1n) is 17.9. The second-order valence-corrected chi connectivity index (χ2v) is 19.2. The molecule has 5 N–H and O–H groups in total. The van der Waals surface area contributed by atoms with E-state index in [0.29, 0.717) is 6.42 Å². The van der Waals surface area contributed by atoms with Crippen LogP contribution in [-0.2, 0) is 46.2 Å². The number of hydrogen-bond acceptors (Lipinski definition) is 18. The van der Waals surface area contributed by atoms with Crippen LogP contribution in [0, 0.1) is 0 Å². The van der Waals surface area contributed by atoms with Crippen molar-refractivity contribution in [2.75, 3.05) is 24.7 Å². The number of nitrogen functional groups attached to an aromatic ring is 2. The zero-order valence-electron chi connectivity index (χ0n) is 29.9. The summed E-state index contributed by atoms with van der Waals surface area (Å²) < 4.78 is 87.8. The number of nitrogens with two attached hydrogens (primary N) is 2. The van der Waals surface area contributed by atoms with Gasteiger partial charge < -0.3 is 25.7 Å². The fraction of sp³-hybridized carbons (Fsp3) is 0.633. The zero-order valence-corrected chi connectivity index (χ0v) is 33.4. The molecular formula is C30H41FN10O11P2S2. The number of alkyl halides is 1. The number of imidazole rings is 2. The summed E-state index contributed by atoms with van der Waals surface area (Å²) in [4.78, 5) is 48.8. The summed E-state index contributed by atoms with van der Waals surface area (Å²) in [6, 6.07) is 0. The van der Waals surface area contributed by atoms with Crippen LogP contribution >= 0.6 is 38.1 Å². The highest BCUT2D eigenvalue weighted by Gasteiger charge is 2.55. The van der Waals surface area contributed by atoms with Crippen LogP contribution in [0.1, 0.15) is 70.7 Å². The molecule has 21 nitrogen and oxygen atoms in total. The van der Waals surface area contributed by atoms with Crippen LogP contribution in [0.4, 0.5) is 16.2 Å². The summed E-state index contributed by atoms with van der Waals surface area (Å²) in [6.45, 7) is -8.23. The SMILES string of the molecule is CCCCCCCCCC(=O)OC1[C@H]2O[P@](=O)(S)OC[C@H]3O[C@@H](n4cnc5c(N)ncnc54)[C@H](F)[C@@H]3O[P@](=O)(S)OC[C@H]1O[C@H]2n1cnc2c(=O)[nH]c(N)nc21. The van der Waals surface area contributed by atoms with E-state index < -0.39 is 87.5 Å². The molecule has 4 aromatic heterocycles. The highest BCUT2D eigenvalue weighted by atomic mass is 32.7. The molecule has 0 amide bonds. The average Bonchev–Trinajstić information content (AvgIpc) is 3.91. The van der Waals surface area contributed by atoms with E-state index in [1.807, 2.05) is 0 Å². The van der Waals surface area contributed by atoms with E-state index in [1.165, 1.54) is 21.8 Å². The van der Waals surface area contributed by atoms with Gasteiger partial charge in [-0.05, 0) is 6.42 Å². The molecular weight excluding hydrogens is 821 g/mol. The van der Waals surface area contributed by atoms with E-state index in [0.717, 1.165) is 44.9 Å². The number of ether oxygens (including phenoxy) is 3. The Bertz CT molecular complexity index is 2220. The van der Waals surface area contributed by atoms with E-state index in [2.05, 4.69) is 61.3 Å². The number of aromatic amines is 1. The van der Waals surface area contributed by atoms with Crippen LogP contribution in [0.15, 0.2) is 23.8 Å². The fourth-order valence-electron chi connectivity index (χ4n) is 6.83. The number of fused-ring (bicyclic) bond motifs is 5. The minimum absolute atomic E-state index is 0.0322.